The number of nitrogens with one attached hydrogen (secondary N) is 1. The standard InChI is InChI=1S/C13H9BrN4O/c14-9-6-8(7-15)3-4-11(9)18-13(19)12-10(16)2-1-5-17-12/h1-6H,16H2,(H,18,19). The Bertz CT molecular complexity index is 679. The summed E-state index contributed by atoms with van der Waals surface area (Å²) in [6.45, 7) is 0. The van der Waals surface area contributed by atoms with Gasteiger partial charge in [0.25, 0.3) is 5.91 Å². The molecular formula is C13H9BrN4O. The van der Waals surface area contributed by atoms with Crippen LogP contribution in [-0.4, -0.2) is 10.9 Å². The Balaban J connectivity index is 2.25. The minimum Gasteiger partial charge on any atom is -0.397 e. The van der Waals surface area contributed by atoms with Crippen LogP contribution in [0.1, 0.15) is 16.1 Å². The van der Waals surface area contributed by atoms with Crippen molar-refractivity contribution in [2.24, 2.45) is 0 Å². The number of carbonyl (C=O) groups excluding carboxylic acids is 1. The van der Waals surface area contributed by atoms with Gasteiger partial charge in [-0.25, -0.2) is 4.98 Å². The first-order valence-corrected chi connectivity index (χ1v) is 6.12. The minimum atomic E-state index is -0.400. The number of benzene rings is 1. The highest BCUT2D eigenvalue weighted by molar-refractivity contribution is 9.10. The van der Waals surface area contributed by atoms with Crippen molar-refractivity contribution < 1.29 is 4.79 Å². The second-order valence-corrected chi connectivity index (χ2v) is 4.56. The highest BCUT2D eigenvalue weighted by Crippen LogP contribution is 2.24. The SMILES string of the molecule is N#Cc1ccc(NC(=O)c2ncccc2N)c(Br)c1. The third-order valence-corrected chi connectivity index (χ3v) is 3.06. The molecule has 0 saturated heterocycles. The summed E-state index contributed by atoms with van der Waals surface area (Å²) < 4.78 is 0.620. The van der Waals surface area contributed by atoms with E-state index in [4.69, 9.17) is 11.0 Å². The van der Waals surface area contributed by atoms with Crippen LogP contribution in [0.3, 0.4) is 0 Å². The fourth-order valence-electron chi connectivity index (χ4n) is 1.48. The van der Waals surface area contributed by atoms with Gasteiger partial charge in [-0.2, -0.15) is 5.26 Å². The normalized spacial score (nSPS) is 9.68. The summed E-state index contributed by atoms with van der Waals surface area (Å²) >= 11 is 3.29. The van der Waals surface area contributed by atoms with Crippen LogP contribution >= 0.6 is 15.9 Å². The van der Waals surface area contributed by atoms with Gasteiger partial charge in [0.1, 0.15) is 0 Å². The maximum absolute atomic E-state index is 12.0. The molecule has 94 valence electrons. The quantitative estimate of drug-likeness (QED) is 0.890. The molecule has 0 unspecified atom stereocenters. The molecule has 1 heterocycles. The monoisotopic (exact) mass is 316 g/mol. The summed E-state index contributed by atoms with van der Waals surface area (Å²) in [6.07, 6.45) is 1.50. The highest BCUT2D eigenvalue weighted by Gasteiger charge is 2.12. The Labute approximate surface area is 118 Å². The molecule has 2 rings (SSSR count). The molecule has 0 spiro atoms. The molecule has 0 radical (unpaired) electrons. The van der Waals surface area contributed by atoms with Crippen molar-refractivity contribution in [2.75, 3.05) is 11.1 Å². The molecular weight excluding hydrogens is 308 g/mol. The zero-order valence-electron chi connectivity index (χ0n) is 9.72. The van der Waals surface area contributed by atoms with Gasteiger partial charge in [-0.1, -0.05) is 0 Å². The highest BCUT2D eigenvalue weighted by atomic mass is 79.9. The fourth-order valence-corrected chi connectivity index (χ4v) is 1.95. The number of pyridine rings is 1. The van der Waals surface area contributed by atoms with Crippen molar-refractivity contribution in [3.63, 3.8) is 0 Å². The molecule has 19 heavy (non-hydrogen) atoms. The summed E-state index contributed by atoms with van der Waals surface area (Å²) in [5, 5.41) is 11.4. The van der Waals surface area contributed by atoms with E-state index in [1.807, 2.05) is 6.07 Å². The van der Waals surface area contributed by atoms with Gasteiger partial charge in [0.15, 0.2) is 5.69 Å². The zero-order chi connectivity index (χ0) is 13.8. The maximum Gasteiger partial charge on any atom is 0.276 e. The molecule has 0 aliphatic heterocycles. The van der Waals surface area contributed by atoms with Crippen molar-refractivity contribution >= 4 is 33.2 Å². The van der Waals surface area contributed by atoms with Crippen LogP contribution in [0.4, 0.5) is 11.4 Å². The summed E-state index contributed by atoms with van der Waals surface area (Å²) in [7, 11) is 0. The number of nitrogens with zero attached hydrogens (tertiary/aromatic N) is 2. The predicted molar refractivity (Wildman–Crippen MR) is 75.5 cm³/mol. The van der Waals surface area contributed by atoms with Gasteiger partial charge in [-0.15, -0.1) is 0 Å². The lowest BCUT2D eigenvalue weighted by Gasteiger charge is -2.08. The van der Waals surface area contributed by atoms with E-state index < -0.39 is 5.91 Å². The van der Waals surface area contributed by atoms with Gasteiger partial charge in [0.05, 0.1) is 23.0 Å². The number of nitriles is 1. The number of hydrogen-bond donors (Lipinski definition) is 2. The number of rotatable bonds is 2. The Kier molecular flexibility index (Phi) is 3.78. The van der Waals surface area contributed by atoms with E-state index in [9.17, 15) is 4.79 Å². The molecule has 6 heteroatoms. The van der Waals surface area contributed by atoms with E-state index in [0.717, 1.165) is 0 Å². The van der Waals surface area contributed by atoms with Crippen molar-refractivity contribution in [2.45, 2.75) is 0 Å². The number of aromatic nitrogens is 1. The molecule has 0 aliphatic carbocycles. The molecule has 0 bridgehead atoms. The smallest absolute Gasteiger partial charge is 0.276 e. The first-order valence-electron chi connectivity index (χ1n) is 5.33. The molecule has 0 saturated carbocycles. The second kappa shape index (κ2) is 5.50. The molecule has 2 aromatic rings. The van der Waals surface area contributed by atoms with Crippen molar-refractivity contribution in [1.29, 1.82) is 5.26 Å². The van der Waals surface area contributed by atoms with Crippen LogP contribution in [-0.2, 0) is 0 Å². The molecule has 1 amide bonds. The Hall–Kier alpha value is -2.39. The Morgan fingerprint density at radius 1 is 1.42 bits per heavy atom. The molecule has 5 nitrogen and oxygen atoms in total. The van der Waals surface area contributed by atoms with E-state index in [-0.39, 0.29) is 5.69 Å². The molecule has 3 N–H and O–H groups in total. The van der Waals surface area contributed by atoms with Crippen LogP contribution in [0.5, 0.6) is 0 Å². The van der Waals surface area contributed by atoms with E-state index in [2.05, 4.69) is 26.2 Å². The zero-order valence-corrected chi connectivity index (χ0v) is 11.3. The van der Waals surface area contributed by atoms with E-state index in [1.165, 1.54) is 6.20 Å². The lowest BCUT2D eigenvalue weighted by atomic mass is 10.2. The fraction of sp³-hybridized carbons (Fsp3) is 0. The van der Waals surface area contributed by atoms with Gasteiger partial charge in [-0.3, -0.25) is 4.79 Å². The van der Waals surface area contributed by atoms with Gasteiger partial charge in [-0.05, 0) is 46.3 Å². The van der Waals surface area contributed by atoms with Crippen molar-refractivity contribution in [3.05, 3.63) is 52.3 Å². The summed E-state index contributed by atoms with van der Waals surface area (Å²) in [4.78, 5) is 15.9. The molecule has 0 aliphatic rings. The van der Waals surface area contributed by atoms with Gasteiger partial charge in [0, 0.05) is 10.7 Å². The summed E-state index contributed by atoms with van der Waals surface area (Å²) in [5.41, 5.74) is 7.21. The first kappa shape index (κ1) is 13.1. The first-order chi connectivity index (χ1) is 9.11. The van der Waals surface area contributed by atoms with Gasteiger partial charge in [0.2, 0.25) is 0 Å². The average molecular weight is 317 g/mol. The molecule has 0 atom stereocenters. The number of hydrogen-bond acceptors (Lipinski definition) is 4. The summed E-state index contributed by atoms with van der Waals surface area (Å²) in [6, 6.07) is 10.2. The third-order valence-electron chi connectivity index (χ3n) is 2.40. The third kappa shape index (κ3) is 2.89. The topological polar surface area (TPSA) is 91.8 Å². The van der Waals surface area contributed by atoms with Gasteiger partial charge < -0.3 is 11.1 Å². The summed E-state index contributed by atoms with van der Waals surface area (Å²) in [5.74, 6) is -0.400. The maximum atomic E-state index is 12.0. The lowest BCUT2D eigenvalue weighted by Crippen LogP contribution is -2.16. The van der Waals surface area contributed by atoms with E-state index >= 15 is 0 Å². The number of nitrogens with two attached hydrogens (primary N) is 1. The largest absolute Gasteiger partial charge is 0.397 e. The van der Waals surface area contributed by atoms with Crippen LogP contribution in [0.15, 0.2) is 41.0 Å². The van der Waals surface area contributed by atoms with Crippen LogP contribution in [0, 0.1) is 11.3 Å². The second-order valence-electron chi connectivity index (χ2n) is 3.70. The Morgan fingerprint density at radius 2 is 2.21 bits per heavy atom. The number of nitrogen functional groups attached to an aromatic ring is 1. The average Bonchev–Trinajstić information content (AvgIpc) is 2.41. The van der Waals surface area contributed by atoms with Crippen LogP contribution in [0.25, 0.3) is 0 Å². The van der Waals surface area contributed by atoms with Crippen molar-refractivity contribution in [1.82, 2.24) is 4.98 Å². The number of halogens is 1. The minimum absolute atomic E-state index is 0.166. The van der Waals surface area contributed by atoms with Crippen LogP contribution < -0.4 is 11.1 Å². The molecule has 1 aromatic carbocycles. The number of anilines is 2. The lowest BCUT2D eigenvalue weighted by molar-refractivity contribution is 0.102. The van der Waals surface area contributed by atoms with Crippen LogP contribution in [0.2, 0.25) is 0 Å². The molecule has 1 aromatic heterocycles. The number of amides is 1. The predicted octanol–water partition coefficient (Wildman–Crippen LogP) is 2.55. The van der Waals surface area contributed by atoms with Gasteiger partial charge >= 0.3 is 0 Å². The van der Waals surface area contributed by atoms with Crippen molar-refractivity contribution in [3.8, 4) is 6.07 Å². The van der Waals surface area contributed by atoms with E-state index in [0.29, 0.717) is 21.4 Å². The number of carbonyl (C=O) groups is 1. The Morgan fingerprint density at radius 3 is 2.84 bits per heavy atom. The molecule has 0 fully saturated rings. The van der Waals surface area contributed by atoms with E-state index in [1.54, 1.807) is 30.3 Å².